The van der Waals surface area contributed by atoms with E-state index in [2.05, 4.69) is 6.92 Å². The molecule has 0 amide bonds. The van der Waals surface area contributed by atoms with Gasteiger partial charge in [-0.15, -0.1) is 0 Å². The zero-order chi connectivity index (χ0) is 16.0. The number of hydrogen-bond acceptors (Lipinski definition) is 4. The Balaban J connectivity index is 2.04. The van der Waals surface area contributed by atoms with E-state index in [0.717, 1.165) is 17.7 Å². The Hall–Kier alpha value is -0.750. The normalized spacial score (nSPS) is 26.8. The van der Waals surface area contributed by atoms with E-state index in [0.29, 0.717) is 24.9 Å². The molecular formula is C17H26O4S. The molecule has 3 atom stereocenters. The highest BCUT2D eigenvalue weighted by Gasteiger charge is 2.37. The van der Waals surface area contributed by atoms with Gasteiger partial charge in [0.2, 0.25) is 0 Å². The predicted molar refractivity (Wildman–Crippen MR) is 87.4 cm³/mol. The van der Waals surface area contributed by atoms with Crippen molar-refractivity contribution in [2.24, 2.45) is 5.92 Å². The largest absolute Gasteiger partial charge is 0.371 e. The minimum atomic E-state index is -1.09. The van der Waals surface area contributed by atoms with Crippen molar-refractivity contribution in [3.05, 3.63) is 29.8 Å². The fourth-order valence-corrected chi connectivity index (χ4v) is 3.97. The monoisotopic (exact) mass is 326 g/mol. The summed E-state index contributed by atoms with van der Waals surface area (Å²) >= 11 is 0. The maximum Gasteiger partial charge on any atom is 0.146 e. The fourth-order valence-electron chi connectivity index (χ4n) is 2.58. The Labute approximate surface area is 135 Å². The van der Waals surface area contributed by atoms with Gasteiger partial charge in [-0.25, -0.2) is 0 Å². The van der Waals surface area contributed by atoms with Crippen molar-refractivity contribution in [3.63, 3.8) is 0 Å². The summed E-state index contributed by atoms with van der Waals surface area (Å²) < 4.78 is 29.2. The van der Waals surface area contributed by atoms with Crippen molar-refractivity contribution in [2.75, 3.05) is 32.9 Å². The highest BCUT2D eigenvalue weighted by Crippen LogP contribution is 2.30. The molecule has 1 aromatic carbocycles. The van der Waals surface area contributed by atoms with Gasteiger partial charge in [-0.05, 0) is 37.8 Å². The molecule has 124 valence electrons. The summed E-state index contributed by atoms with van der Waals surface area (Å²) in [6.07, 6.45) is 1.94. The van der Waals surface area contributed by atoms with E-state index in [1.807, 2.05) is 31.2 Å². The van der Waals surface area contributed by atoms with Crippen molar-refractivity contribution < 1.29 is 18.4 Å². The lowest BCUT2D eigenvalue weighted by molar-refractivity contribution is -0.147. The zero-order valence-corrected chi connectivity index (χ0v) is 14.5. The molecule has 0 aliphatic carbocycles. The van der Waals surface area contributed by atoms with Crippen LogP contribution < -0.4 is 0 Å². The number of methoxy groups -OCH3 is 1. The van der Waals surface area contributed by atoms with Crippen molar-refractivity contribution in [1.82, 2.24) is 0 Å². The first-order valence-corrected chi connectivity index (χ1v) is 9.02. The van der Waals surface area contributed by atoms with Gasteiger partial charge in [-0.2, -0.15) is 0 Å². The van der Waals surface area contributed by atoms with Crippen LogP contribution in [0.25, 0.3) is 0 Å². The molecule has 5 heteroatoms. The Morgan fingerprint density at radius 3 is 2.68 bits per heavy atom. The Morgan fingerprint density at radius 1 is 1.36 bits per heavy atom. The quantitative estimate of drug-likeness (QED) is 0.571. The molecule has 1 aliphatic rings. The van der Waals surface area contributed by atoms with Gasteiger partial charge >= 0.3 is 0 Å². The molecule has 0 radical (unpaired) electrons. The second-order valence-corrected chi connectivity index (χ2v) is 7.65. The minimum Gasteiger partial charge on any atom is -0.371 e. The first kappa shape index (κ1) is 17.6. The number of ether oxygens (including phenoxy) is 3. The van der Waals surface area contributed by atoms with Crippen molar-refractivity contribution in [3.8, 4) is 0 Å². The van der Waals surface area contributed by atoms with Gasteiger partial charge < -0.3 is 14.2 Å². The number of rotatable bonds is 7. The van der Waals surface area contributed by atoms with E-state index in [9.17, 15) is 4.21 Å². The summed E-state index contributed by atoms with van der Waals surface area (Å²) in [5.74, 6) is 1.01. The van der Waals surface area contributed by atoms with Gasteiger partial charge in [0, 0.05) is 12.0 Å². The van der Waals surface area contributed by atoms with Crippen LogP contribution in [-0.4, -0.2) is 42.7 Å². The first-order chi connectivity index (χ1) is 10.5. The standard InChI is InChI=1S/C17H26O4S/c1-14-4-6-16(7-5-14)22(18)12-17(11-20-13-19-3)9-8-15(2)10-21-17/h4-7,15H,8-13H2,1-3H3/t15-,17+,22?/m1/s1. The molecule has 0 spiro atoms. The highest BCUT2D eigenvalue weighted by atomic mass is 32.2. The molecule has 1 unspecified atom stereocenters. The van der Waals surface area contributed by atoms with Gasteiger partial charge in [-0.1, -0.05) is 24.6 Å². The lowest BCUT2D eigenvalue weighted by atomic mass is 9.91. The fraction of sp³-hybridized carbons (Fsp3) is 0.647. The highest BCUT2D eigenvalue weighted by molar-refractivity contribution is 7.85. The molecule has 1 aromatic rings. The van der Waals surface area contributed by atoms with Gasteiger partial charge in [0.15, 0.2) is 0 Å². The lowest BCUT2D eigenvalue weighted by Crippen LogP contribution is -2.47. The summed E-state index contributed by atoms with van der Waals surface area (Å²) in [7, 11) is 0.507. The smallest absolute Gasteiger partial charge is 0.146 e. The van der Waals surface area contributed by atoms with Crippen molar-refractivity contribution >= 4 is 10.8 Å². The number of aryl methyl sites for hydroxylation is 1. The van der Waals surface area contributed by atoms with Crippen LogP contribution in [0.4, 0.5) is 0 Å². The topological polar surface area (TPSA) is 44.8 Å². The second-order valence-electron chi connectivity index (χ2n) is 6.20. The van der Waals surface area contributed by atoms with Crippen molar-refractivity contribution in [1.29, 1.82) is 0 Å². The number of hydrogen-bond donors (Lipinski definition) is 0. The van der Waals surface area contributed by atoms with Crippen LogP contribution in [0, 0.1) is 12.8 Å². The van der Waals surface area contributed by atoms with Crippen LogP contribution in [-0.2, 0) is 25.0 Å². The van der Waals surface area contributed by atoms with E-state index in [-0.39, 0.29) is 6.79 Å². The third-order valence-electron chi connectivity index (χ3n) is 4.01. The van der Waals surface area contributed by atoms with Gasteiger partial charge in [0.05, 0.1) is 29.8 Å². The molecule has 4 nitrogen and oxygen atoms in total. The molecule has 22 heavy (non-hydrogen) atoms. The molecular weight excluding hydrogens is 300 g/mol. The Kier molecular flexibility index (Phi) is 6.56. The van der Waals surface area contributed by atoms with E-state index >= 15 is 0 Å². The summed E-state index contributed by atoms with van der Waals surface area (Å²) in [5.41, 5.74) is 0.697. The average molecular weight is 326 g/mol. The Bertz CT molecular complexity index is 478. The van der Waals surface area contributed by atoms with Crippen LogP contribution in [0.1, 0.15) is 25.3 Å². The van der Waals surface area contributed by atoms with Crippen LogP contribution >= 0.6 is 0 Å². The molecule has 0 bridgehead atoms. The second kappa shape index (κ2) is 8.20. The molecule has 0 aromatic heterocycles. The molecule has 1 heterocycles. The van der Waals surface area contributed by atoms with Crippen LogP contribution in [0.5, 0.6) is 0 Å². The maximum atomic E-state index is 12.7. The molecule has 1 aliphatic heterocycles. The van der Waals surface area contributed by atoms with E-state index < -0.39 is 16.4 Å². The first-order valence-electron chi connectivity index (χ1n) is 7.70. The zero-order valence-electron chi connectivity index (χ0n) is 13.7. The molecule has 0 N–H and O–H groups in total. The summed E-state index contributed by atoms with van der Waals surface area (Å²) in [6, 6.07) is 7.84. The Morgan fingerprint density at radius 2 is 2.09 bits per heavy atom. The van der Waals surface area contributed by atoms with Crippen molar-refractivity contribution in [2.45, 2.75) is 37.2 Å². The maximum absolute atomic E-state index is 12.7. The van der Waals surface area contributed by atoms with E-state index in [4.69, 9.17) is 14.2 Å². The summed E-state index contributed by atoms with van der Waals surface area (Å²) in [6.45, 7) is 5.56. The predicted octanol–water partition coefficient (Wildman–Crippen LogP) is 2.91. The van der Waals surface area contributed by atoms with Gasteiger partial charge in [-0.3, -0.25) is 4.21 Å². The van der Waals surface area contributed by atoms with E-state index in [1.54, 1.807) is 7.11 Å². The molecule has 1 saturated heterocycles. The van der Waals surface area contributed by atoms with E-state index in [1.165, 1.54) is 5.56 Å². The molecule has 1 fully saturated rings. The van der Waals surface area contributed by atoms with Gasteiger partial charge in [0.1, 0.15) is 12.4 Å². The molecule has 2 rings (SSSR count). The number of benzene rings is 1. The SMILES string of the molecule is COCOC[C@]1(CS(=O)c2ccc(C)cc2)CC[C@@H](C)CO1. The third kappa shape index (κ3) is 4.88. The van der Waals surface area contributed by atoms with Gasteiger partial charge in [0.25, 0.3) is 0 Å². The van der Waals surface area contributed by atoms with Crippen LogP contribution in [0.3, 0.4) is 0 Å². The van der Waals surface area contributed by atoms with Crippen LogP contribution in [0.2, 0.25) is 0 Å². The summed E-state index contributed by atoms with van der Waals surface area (Å²) in [5, 5.41) is 0. The average Bonchev–Trinajstić information content (AvgIpc) is 2.51. The molecule has 0 saturated carbocycles. The minimum absolute atomic E-state index is 0.234. The lowest BCUT2D eigenvalue weighted by Gasteiger charge is -2.39. The summed E-state index contributed by atoms with van der Waals surface area (Å²) in [4.78, 5) is 0.846. The third-order valence-corrected chi connectivity index (χ3v) is 5.60. The van der Waals surface area contributed by atoms with Crippen LogP contribution in [0.15, 0.2) is 29.2 Å².